The molecular weight excluding hydrogens is 310 g/mol. The molecule has 1 aromatic rings. The fourth-order valence-electron chi connectivity index (χ4n) is 2.69. The van der Waals surface area contributed by atoms with Crippen molar-refractivity contribution in [3.8, 4) is 0 Å². The van der Waals surface area contributed by atoms with E-state index in [4.69, 9.17) is 0 Å². The minimum absolute atomic E-state index is 0. The molecule has 0 radical (unpaired) electrons. The van der Waals surface area contributed by atoms with Crippen molar-refractivity contribution >= 4 is 24.0 Å². The summed E-state index contributed by atoms with van der Waals surface area (Å²) in [5.41, 5.74) is 0.182. The van der Waals surface area contributed by atoms with Crippen molar-refractivity contribution in [1.29, 1.82) is 0 Å². The fraction of sp³-hybridized carbons (Fsp3) is 0.692. The van der Waals surface area contributed by atoms with Crippen molar-refractivity contribution in [3.63, 3.8) is 0 Å². The zero-order chi connectivity index (χ0) is 15.4. The number of rotatable bonds is 5. The van der Waals surface area contributed by atoms with Crippen LogP contribution in [0.2, 0.25) is 0 Å². The minimum atomic E-state index is -0.513. The smallest absolute Gasteiger partial charge is 0.322 e. The molecule has 0 aromatic carbocycles. The van der Waals surface area contributed by atoms with Gasteiger partial charge < -0.3 is 10.2 Å². The maximum atomic E-state index is 12.5. The normalized spacial score (nSPS) is 17.9. The van der Waals surface area contributed by atoms with Crippen LogP contribution in [0.3, 0.4) is 0 Å². The molecule has 1 unspecified atom stereocenters. The van der Waals surface area contributed by atoms with Crippen LogP contribution in [0, 0.1) is 10.1 Å². The number of nitro groups is 1. The SMILES string of the molecule is CCCc1[nH]nc(C(=O)N2CCCC(NC)C2)c1[N+](=O)[O-].Cl. The van der Waals surface area contributed by atoms with Gasteiger partial charge in [-0.3, -0.25) is 20.0 Å². The Labute approximate surface area is 135 Å². The molecule has 1 aliphatic heterocycles. The number of likely N-dealkylation sites (N-methyl/N-ethyl adjacent to an activating group) is 1. The summed E-state index contributed by atoms with van der Waals surface area (Å²) in [6.45, 7) is 3.10. The average molecular weight is 332 g/mol. The number of likely N-dealkylation sites (tertiary alicyclic amines) is 1. The first-order chi connectivity index (χ1) is 10.1. The van der Waals surface area contributed by atoms with E-state index in [0.29, 0.717) is 25.2 Å². The number of hydrogen-bond donors (Lipinski definition) is 2. The highest BCUT2D eigenvalue weighted by atomic mass is 35.5. The zero-order valence-corrected chi connectivity index (χ0v) is 13.6. The standard InChI is InChI=1S/C13H21N5O3.ClH/c1-3-5-10-12(18(20)21)11(16-15-10)13(19)17-7-4-6-9(8-17)14-2;/h9,14H,3-8H2,1-2H3,(H,15,16);1H. The van der Waals surface area contributed by atoms with Crippen LogP contribution < -0.4 is 5.32 Å². The van der Waals surface area contributed by atoms with Gasteiger partial charge in [0.25, 0.3) is 5.91 Å². The first-order valence-corrected chi connectivity index (χ1v) is 7.26. The molecule has 2 N–H and O–H groups in total. The Bertz CT molecular complexity index is 534. The Morgan fingerprint density at radius 3 is 2.91 bits per heavy atom. The van der Waals surface area contributed by atoms with E-state index in [1.807, 2.05) is 14.0 Å². The Morgan fingerprint density at radius 1 is 1.59 bits per heavy atom. The van der Waals surface area contributed by atoms with Gasteiger partial charge in [-0.05, 0) is 26.3 Å². The van der Waals surface area contributed by atoms with Gasteiger partial charge in [-0.15, -0.1) is 12.4 Å². The summed E-state index contributed by atoms with van der Waals surface area (Å²) in [5, 5.41) is 20.9. The molecule has 1 amide bonds. The summed E-state index contributed by atoms with van der Waals surface area (Å²) in [5.74, 6) is -0.361. The summed E-state index contributed by atoms with van der Waals surface area (Å²) in [6.07, 6.45) is 3.15. The molecule has 0 saturated carbocycles. The molecule has 1 aromatic heterocycles. The first-order valence-electron chi connectivity index (χ1n) is 7.26. The van der Waals surface area contributed by atoms with Crippen molar-refractivity contribution < 1.29 is 9.72 Å². The molecule has 8 nitrogen and oxygen atoms in total. The molecule has 22 heavy (non-hydrogen) atoms. The van der Waals surface area contributed by atoms with E-state index in [-0.39, 0.29) is 35.7 Å². The number of aromatic amines is 1. The number of aromatic nitrogens is 2. The number of piperidine rings is 1. The van der Waals surface area contributed by atoms with Gasteiger partial charge >= 0.3 is 5.69 Å². The number of hydrogen-bond acceptors (Lipinski definition) is 5. The molecule has 1 aliphatic rings. The van der Waals surface area contributed by atoms with Crippen molar-refractivity contribution in [1.82, 2.24) is 20.4 Å². The second-order valence-corrected chi connectivity index (χ2v) is 5.29. The van der Waals surface area contributed by atoms with E-state index in [1.54, 1.807) is 4.90 Å². The molecule has 9 heteroatoms. The molecule has 0 aliphatic carbocycles. The summed E-state index contributed by atoms with van der Waals surface area (Å²) in [4.78, 5) is 24.9. The number of halogens is 1. The lowest BCUT2D eigenvalue weighted by Gasteiger charge is -2.31. The quantitative estimate of drug-likeness (QED) is 0.628. The van der Waals surface area contributed by atoms with E-state index in [0.717, 1.165) is 19.3 Å². The van der Waals surface area contributed by atoms with Crippen LogP contribution in [0.5, 0.6) is 0 Å². The number of nitrogens with one attached hydrogen (secondary N) is 2. The van der Waals surface area contributed by atoms with E-state index >= 15 is 0 Å². The zero-order valence-electron chi connectivity index (χ0n) is 12.8. The average Bonchev–Trinajstić information content (AvgIpc) is 2.91. The van der Waals surface area contributed by atoms with Crippen molar-refractivity contribution in [2.24, 2.45) is 0 Å². The third kappa shape index (κ3) is 3.75. The van der Waals surface area contributed by atoms with Crippen molar-refractivity contribution in [2.75, 3.05) is 20.1 Å². The Balaban J connectivity index is 0.00000242. The maximum Gasteiger partial charge on any atom is 0.322 e. The summed E-state index contributed by atoms with van der Waals surface area (Å²) in [7, 11) is 1.86. The largest absolute Gasteiger partial charge is 0.335 e. The van der Waals surface area contributed by atoms with Crippen LogP contribution >= 0.6 is 12.4 Å². The molecule has 1 atom stereocenters. The van der Waals surface area contributed by atoms with Gasteiger partial charge in [0.15, 0.2) is 0 Å². The highest BCUT2D eigenvalue weighted by Gasteiger charge is 2.33. The van der Waals surface area contributed by atoms with Gasteiger partial charge in [0.1, 0.15) is 5.69 Å². The lowest BCUT2D eigenvalue weighted by Crippen LogP contribution is -2.47. The van der Waals surface area contributed by atoms with Crippen LogP contribution in [0.15, 0.2) is 0 Å². The molecule has 2 heterocycles. The fourth-order valence-corrected chi connectivity index (χ4v) is 2.69. The van der Waals surface area contributed by atoms with Crippen LogP contribution in [0.1, 0.15) is 42.4 Å². The van der Waals surface area contributed by atoms with E-state index < -0.39 is 4.92 Å². The van der Waals surface area contributed by atoms with Crippen LogP contribution in [-0.2, 0) is 6.42 Å². The predicted octanol–water partition coefficient (Wildman–Crippen LogP) is 1.52. The lowest BCUT2D eigenvalue weighted by atomic mass is 10.1. The van der Waals surface area contributed by atoms with Gasteiger partial charge in [0.2, 0.25) is 5.69 Å². The molecule has 1 saturated heterocycles. The van der Waals surface area contributed by atoms with Crippen LogP contribution in [0.4, 0.5) is 5.69 Å². The first kappa shape index (κ1) is 18.4. The number of aryl methyl sites for hydroxylation is 1. The molecular formula is C13H22ClN5O3. The van der Waals surface area contributed by atoms with Gasteiger partial charge in [-0.25, -0.2) is 0 Å². The van der Waals surface area contributed by atoms with Gasteiger partial charge in [-0.2, -0.15) is 5.10 Å². The molecule has 124 valence electrons. The van der Waals surface area contributed by atoms with E-state index in [9.17, 15) is 14.9 Å². The molecule has 0 spiro atoms. The van der Waals surface area contributed by atoms with Crippen LogP contribution in [-0.4, -0.2) is 52.1 Å². The number of H-pyrrole nitrogens is 1. The van der Waals surface area contributed by atoms with Gasteiger partial charge in [0.05, 0.1) is 4.92 Å². The summed E-state index contributed by atoms with van der Waals surface area (Å²) >= 11 is 0. The van der Waals surface area contributed by atoms with E-state index in [2.05, 4.69) is 15.5 Å². The molecule has 2 rings (SSSR count). The second kappa shape index (κ2) is 8.09. The number of carbonyl (C=O) groups excluding carboxylic acids is 1. The van der Waals surface area contributed by atoms with E-state index in [1.165, 1.54) is 0 Å². The highest BCUT2D eigenvalue weighted by Crippen LogP contribution is 2.24. The van der Waals surface area contributed by atoms with Crippen molar-refractivity contribution in [2.45, 2.75) is 38.6 Å². The monoisotopic (exact) mass is 331 g/mol. The lowest BCUT2D eigenvalue weighted by molar-refractivity contribution is -0.385. The Hall–Kier alpha value is -1.67. The maximum absolute atomic E-state index is 12.5. The van der Waals surface area contributed by atoms with Gasteiger partial charge in [0, 0.05) is 19.1 Å². The van der Waals surface area contributed by atoms with Crippen molar-refractivity contribution in [3.05, 3.63) is 21.5 Å². The molecule has 0 bridgehead atoms. The summed E-state index contributed by atoms with van der Waals surface area (Å²) < 4.78 is 0. The number of carbonyl (C=O) groups is 1. The third-order valence-electron chi connectivity index (χ3n) is 3.81. The number of amides is 1. The Morgan fingerprint density at radius 2 is 2.32 bits per heavy atom. The number of nitrogens with zero attached hydrogens (tertiary/aromatic N) is 3. The highest BCUT2D eigenvalue weighted by molar-refractivity contribution is 5.96. The predicted molar refractivity (Wildman–Crippen MR) is 84.5 cm³/mol. The third-order valence-corrected chi connectivity index (χ3v) is 3.81. The Kier molecular flexibility index (Phi) is 6.76. The van der Waals surface area contributed by atoms with Gasteiger partial charge in [-0.1, -0.05) is 13.3 Å². The topological polar surface area (TPSA) is 104 Å². The summed E-state index contributed by atoms with van der Waals surface area (Å²) in [6, 6.07) is 0.232. The minimum Gasteiger partial charge on any atom is -0.335 e. The van der Waals surface area contributed by atoms with Crippen LogP contribution in [0.25, 0.3) is 0 Å². The second-order valence-electron chi connectivity index (χ2n) is 5.29. The molecule has 1 fully saturated rings.